The average Bonchev–Trinajstić information content (AvgIpc) is 2.73. The molecule has 1 aromatic rings. The number of anilines is 2. The summed E-state index contributed by atoms with van der Waals surface area (Å²) in [7, 11) is 2.21. The molecule has 2 fully saturated rings. The summed E-state index contributed by atoms with van der Waals surface area (Å²) in [5.74, 6) is 3.37. The zero-order valence-corrected chi connectivity index (χ0v) is 20.9. The summed E-state index contributed by atoms with van der Waals surface area (Å²) >= 11 is 0. The van der Waals surface area contributed by atoms with Crippen LogP contribution in [0.3, 0.4) is 0 Å². The molecule has 3 aliphatic rings. The lowest BCUT2D eigenvalue weighted by Crippen LogP contribution is -2.47. The van der Waals surface area contributed by atoms with E-state index in [1.54, 1.807) is 5.56 Å². The summed E-state index contributed by atoms with van der Waals surface area (Å²) in [6.07, 6.45) is 5.37. The first-order chi connectivity index (χ1) is 14.7. The van der Waals surface area contributed by atoms with Crippen LogP contribution in [0.4, 0.5) is 11.4 Å². The minimum atomic E-state index is 0.435. The average molecular weight is 428 g/mol. The summed E-state index contributed by atoms with van der Waals surface area (Å²) in [6, 6.07) is 4.88. The summed E-state index contributed by atoms with van der Waals surface area (Å²) in [5, 5.41) is 0. The van der Waals surface area contributed by atoms with Crippen molar-refractivity contribution in [3.63, 3.8) is 0 Å². The molecule has 4 nitrogen and oxygen atoms in total. The number of hydrogen-bond donors (Lipinski definition) is 0. The van der Waals surface area contributed by atoms with E-state index in [-0.39, 0.29) is 0 Å². The fraction of sp³-hybridized carbons (Fsp3) is 0.778. The van der Waals surface area contributed by atoms with E-state index in [0.717, 1.165) is 43.8 Å². The highest BCUT2D eigenvalue weighted by molar-refractivity contribution is 5.71. The molecular weight excluding hydrogens is 382 g/mol. The molecule has 1 saturated carbocycles. The predicted octanol–water partition coefficient (Wildman–Crippen LogP) is 5.61. The van der Waals surface area contributed by atoms with Gasteiger partial charge in [0.1, 0.15) is 12.4 Å². The zero-order chi connectivity index (χ0) is 22.2. The fourth-order valence-electron chi connectivity index (χ4n) is 5.96. The van der Waals surface area contributed by atoms with Gasteiger partial charge in [0.25, 0.3) is 0 Å². The molecule has 0 aromatic heterocycles. The fourth-order valence-corrected chi connectivity index (χ4v) is 5.96. The van der Waals surface area contributed by atoms with Gasteiger partial charge in [-0.3, -0.25) is 4.90 Å². The van der Waals surface area contributed by atoms with Gasteiger partial charge in [-0.05, 0) is 60.5 Å². The molecule has 1 aromatic carbocycles. The van der Waals surface area contributed by atoms with Crippen molar-refractivity contribution < 1.29 is 4.74 Å². The van der Waals surface area contributed by atoms with Gasteiger partial charge in [-0.25, -0.2) is 0 Å². The van der Waals surface area contributed by atoms with Crippen LogP contribution in [-0.2, 0) is 0 Å². The monoisotopic (exact) mass is 427 g/mol. The van der Waals surface area contributed by atoms with Gasteiger partial charge in [-0.1, -0.05) is 34.6 Å². The van der Waals surface area contributed by atoms with Gasteiger partial charge in [0.2, 0.25) is 0 Å². The molecule has 0 atom stereocenters. The number of fused-ring (bicyclic) bond motifs is 1. The third-order valence-electron chi connectivity index (χ3n) is 7.93. The number of rotatable bonds is 4. The van der Waals surface area contributed by atoms with Gasteiger partial charge in [0.15, 0.2) is 0 Å². The molecule has 0 N–H and O–H groups in total. The Labute approximate surface area is 190 Å². The third-order valence-corrected chi connectivity index (χ3v) is 7.93. The highest BCUT2D eigenvalue weighted by atomic mass is 16.5. The quantitative estimate of drug-likeness (QED) is 0.621. The molecule has 174 valence electrons. The summed E-state index contributed by atoms with van der Waals surface area (Å²) in [4.78, 5) is 7.67. The first kappa shape index (κ1) is 22.8. The highest BCUT2D eigenvalue weighted by Gasteiger charge is 2.33. The number of nitrogens with zero attached hydrogens (tertiary/aromatic N) is 3. The summed E-state index contributed by atoms with van der Waals surface area (Å²) < 4.78 is 6.12. The third kappa shape index (κ3) is 5.16. The minimum Gasteiger partial charge on any atom is -0.489 e. The van der Waals surface area contributed by atoms with Crippen LogP contribution < -0.4 is 14.5 Å². The Balaban J connectivity index is 1.57. The van der Waals surface area contributed by atoms with Crippen molar-refractivity contribution in [2.75, 3.05) is 62.7 Å². The van der Waals surface area contributed by atoms with Crippen LogP contribution >= 0.6 is 0 Å². The Hall–Kier alpha value is -1.42. The molecule has 0 radical (unpaired) electrons. The van der Waals surface area contributed by atoms with Crippen LogP contribution in [0.25, 0.3) is 0 Å². The predicted molar refractivity (Wildman–Crippen MR) is 133 cm³/mol. The second-order valence-electron chi connectivity index (χ2n) is 11.7. The van der Waals surface area contributed by atoms with Crippen molar-refractivity contribution in [3.05, 3.63) is 17.7 Å². The van der Waals surface area contributed by atoms with Crippen molar-refractivity contribution in [3.8, 4) is 5.75 Å². The first-order valence-electron chi connectivity index (χ1n) is 12.7. The van der Waals surface area contributed by atoms with Gasteiger partial charge in [0, 0.05) is 51.5 Å². The molecule has 0 spiro atoms. The van der Waals surface area contributed by atoms with Gasteiger partial charge in [0.05, 0.1) is 12.2 Å². The highest BCUT2D eigenvalue weighted by Crippen LogP contribution is 2.48. The molecule has 0 unspecified atom stereocenters. The number of piperazine rings is 1. The number of hydrogen-bond acceptors (Lipinski definition) is 4. The lowest BCUT2D eigenvalue weighted by Gasteiger charge is -2.41. The second kappa shape index (κ2) is 9.21. The van der Waals surface area contributed by atoms with E-state index >= 15 is 0 Å². The number of benzene rings is 1. The van der Waals surface area contributed by atoms with Crippen molar-refractivity contribution >= 4 is 11.4 Å². The van der Waals surface area contributed by atoms with Crippen molar-refractivity contribution in [2.45, 2.75) is 66.2 Å². The molecule has 2 aliphatic heterocycles. The lowest BCUT2D eigenvalue weighted by atomic mass is 9.68. The minimum absolute atomic E-state index is 0.435. The summed E-state index contributed by atoms with van der Waals surface area (Å²) in [5.41, 5.74) is 4.77. The number of ether oxygens (including phenoxy) is 1. The standard InChI is InChI=1S/C27H45N3O/c1-20(2)19-29-11-13-30(14-12-29)24-18-26-25(28(6)15-16-31-26)17-23(24)21-7-9-22(10-8-21)27(3,4)5/h17-18,20-22H,7-16,19H2,1-6H3. The Morgan fingerprint density at radius 2 is 1.61 bits per heavy atom. The molecule has 1 aliphatic carbocycles. The van der Waals surface area contributed by atoms with Crippen LogP contribution in [0, 0.1) is 17.3 Å². The van der Waals surface area contributed by atoms with E-state index in [4.69, 9.17) is 4.74 Å². The van der Waals surface area contributed by atoms with E-state index in [2.05, 4.69) is 68.5 Å². The number of likely N-dealkylation sites (N-methyl/N-ethyl adjacent to an activating group) is 1. The van der Waals surface area contributed by atoms with Crippen LogP contribution in [0.5, 0.6) is 5.75 Å². The first-order valence-corrected chi connectivity index (χ1v) is 12.7. The van der Waals surface area contributed by atoms with Crippen molar-refractivity contribution in [2.24, 2.45) is 17.3 Å². The van der Waals surface area contributed by atoms with Crippen molar-refractivity contribution in [1.82, 2.24) is 4.90 Å². The van der Waals surface area contributed by atoms with E-state index in [1.165, 1.54) is 56.7 Å². The van der Waals surface area contributed by atoms with Crippen LogP contribution in [0.2, 0.25) is 0 Å². The largest absolute Gasteiger partial charge is 0.489 e. The maximum atomic E-state index is 6.12. The Morgan fingerprint density at radius 3 is 2.23 bits per heavy atom. The van der Waals surface area contributed by atoms with Gasteiger partial charge in [-0.2, -0.15) is 0 Å². The van der Waals surface area contributed by atoms with Gasteiger partial charge >= 0.3 is 0 Å². The Morgan fingerprint density at radius 1 is 0.935 bits per heavy atom. The Kier molecular flexibility index (Phi) is 6.76. The molecule has 4 rings (SSSR count). The van der Waals surface area contributed by atoms with E-state index < -0.39 is 0 Å². The molecule has 0 amide bonds. The van der Waals surface area contributed by atoms with Crippen LogP contribution in [0.15, 0.2) is 12.1 Å². The molecule has 0 bridgehead atoms. The smallest absolute Gasteiger partial charge is 0.144 e. The molecular formula is C27H45N3O. The van der Waals surface area contributed by atoms with Gasteiger partial charge < -0.3 is 14.5 Å². The molecule has 31 heavy (non-hydrogen) atoms. The maximum Gasteiger partial charge on any atom is 0.144 e. The van der Waals surface area contributed by atoms with Gasteiger partial charge in [-0.15, -0.1) is 0 Å². The zero-order valence-electron chi connectivity index (χ0n) is 20.9. The van der Waals surface area contributed by atoms with Crippen LogP contribution in [0.1, 0.15) is 71.8 Å². The maximum absolute atomic E-state index is 6.12. The molecule has 1 saturated heterocycles. The summed E-state index contributed by atoms with van der Waals surface area (Å²) in [6.45, 7) is 19.5. The second-order valence-corrected chi connectivity index (χ2v) is 11.7. The van der Waals surface area contributed by atoms with E-state index in [1.807, 2.05) is 0 Å². The van der Waals surface area contributed by atoms with Crippen LogP contribution in [-0.4, -0.2) is 57.8 Å². The van der Waals surface area contributed by atoms with E-state index in [9.17, 15) is 0 Å². The topological polar surface area (TPSA) is 19.0 Å². The normalized spacial score (nSPS) is 25.5. The van der Waals surface area contributed by atoms with E-state index in [0.29, 0.717) is 11.3 Å². The molecule has 2 heterocycles. The Bertz CT molecular complexity index is 738. The lowest BCUT2D eigenvalue weighted by molar-refractivity contribution is 0.169. The SMILES string of the molecule is CC(C)CN1CCN(c2cc3c(cc2C2CCC(C(C)(C)C)CC2)N(C)CCO3)CC1. The van der Waals surface area contributed by atoms with Crippen molar-refractivity contribution in [1.29, 1.82) is 0 Å². The molecule has 4 heteroatoms.